The number of pyridine rings is 1. The van der Waals surface area contributed by atoms with Crippen molar-refractivity contribution in [3.8, 4) is 22.6 Å². The predicted molar refractivity (Wildman–Crippen MR) is 102 cm³/mol. The highest BCUT2D eigenvalue weighted by atomic mass is 35.5. The molecule has 0 saturated carbocycles. The highest BCUT2D eigenvalue weighted by molar-refractivity contribution is 6.32. The molecular formula is C20H18ClF2N3O. The van der Waals surface area contributed by atoms with Crippen LogP contribution in [-0.2, 0) is 6.54 Å². The Bertz CT molecular complexity index is 1030. The fourth-order valence-corrected chi connectivity index (χ4v) is 3.10. The lowest BCUT2D eigenvalue weighted by Gasteiger charge is -2.18. The fourth-order valence-electron chi connectivity index (χ4n) is 2.82. The first kappa shape index (κ1) is 19.2. The van der Waals surface area contributed by atoms with Crippen LogP contribution in [0.25, 0.3) is 22.6 Å². The molecule has 27 heavy (non-hydrogen) atoms. The largest absolute Gasteiger partial charge is 0.303 e. The molecule has 7 heteroatoms. The van der Waals surface area contributed by atoms with Crippen molar-refractivity contribution >= 4 is 11.6 Å². The minimum Gasteiger partial charge on any atom is -0.303 e. The van der Waals surface area contributed by atoms with Crippen molar-refractivity contribution in [1.82, 2.24) is 14.5 Å². The van der Waals surface area contributed by atoms with Gasteiger partial charge in [-0.1, -0.05) is 37.6 Å². The topological polar surface area (TPSA) is 47.8 Å². The zero-order chi connectivity index (χ0) is 19.7. The number of benzene rings is 1. The van der Waals surface area contributed by atoms with Gasteiger partial charge in [0.2, 0.25) is 0 Å². The van der Waals surface area contributed by atoms with E-state index in [1.165, 1.54) is 10.6 Å². The zero-order valence-electron chi connectivity index (χ0n) is 15.1. The molecule has 140 valence electrons. The molecule has 0 fully saturated rings. The number of hydrogen-bond acceptors (Lipinski definition) is 3. The highest BCUT2D eigenvalue weighted by Gasteiger charge is 2.23. The second kappa shape index (κ2) is 7.56. The van der Waals surface area contributed by atoms with E-state index < -0.39 is 17.2 Å². The molecule has 0 atom stereocenters. The van der Waals surface area contributed by atoms with E-state index in [9.17, 15) is 13.6 Å². The molecule has 0 radical (unpaired) electrons. The molecule has 0 amide bonds. The van der Waals surface area contributed by atoms with Crippen LogP contribution >= 0.6 is 11.6 Å². The van der Waals surface area contributed by atoms with Gasteiger partial charge in [-0.3, -0.25) is 9.78 Å². The van der Waals surface area contributed by atoms with Crippen LogP contribution in [0, 0.1) is 24.5 Å². The lowest BCUT2D eigenvalue weighted by molar-refractivity contribution is 0.509. The summed E-state index contributed by atoms with van der Waals surface area (Å²) in [6, 6.07) is 6.96. The number of aryl methyl sites for hydroxylation is 1. The van der Waals surface area contributed by atoms with Gasteiger partial charge in [-0.2, -0.15) is 0 Å². The average molecular weight is 390 g/mol. The maximum absolute atomic E-state index is 14.4. The summed E-state index contributed by atoms with van der Waals surface area (Å²) >= 11 is 6.32. The Balaban J connectivity index is 2.34. The Hall–Kier alpha value is -2.60. The maximum Gasteiger partial charge on any atom is 0.279 e. The van der Waals surface area contributed by atoms with Gasteiger partial charge in [0.25, 0.3) is 5.56 Å². The summed E-state index contributed by atoms with van der Waals surface area (Å²) in [5, 5.41) is -0.156. The molecule has 0 spiro atoms. The number of aromatic nitrogens is 3. The lowest BCUT2D eigenvalue weighted by Crippen LogP contribution is -2.28. The molecule has 4 nitrogen and oxygen atoms in total. The standard InChI is InChI=1S/C20H18ClF2N3O/c1-11(2)10-26-18(16-13(22)5-4-6-14(16)23)19(21)25-17(20(26)27)15-8-7-12(3)9-24-15/h4-9,11H,10H2,1-3H3. The summed E-state index contributed by atoms with van der Waals surface area (Å²) < 4.78 is 30.0. The number of nitrogens with zero attached hydrogens (tertiary/aromatic N) is 3. The summed E-state index contributed by atoms with van der Waals surface area (Å²) in [6.45, 7) is 5.89. The molecule has 0 aliphatic rings. The van der Waals surface area contributed by atoms with Gasteiger partial charge in [-0.15, -0.1) is 0 Å². The molecular weight excluding hydrogens is 372 g/mol. The minimum absolute atomic E-state index is 0.0357. The van der Waals surface area contributed by atoms with E-state index in [0.717, 1.165) is 17.7 Å². The van der Waals surface area contributed by atoms with Gasteiger partial charge in [0.05, 0.1) is 17.0 Å². The highest BCUT2D eigenvalue weighted by Crippen LogP contribution is 2.31. The van der Waals surface area contributed by atoms with Crippen molar-refractivity contribution in [2.45, 2.75) is 27.3 Å². The Labute approximate surface area is 160 Å². The van der Waals surface area contributed by atoms with Crippen molar-refractivity contribution in [1.29, 1.82) is 0 Å². The van der Waals surface area contributed by atoms with Crippen LogP contribution in [0.15, 0.2) is 41.3 Å². The van der Waals surface area contributed by atoms with Gasteiger partial charge < -0.3 is 4.57 Å². The molecule has 0 saturated heterocycles. The van der Waals surface area contributed by atoms with E-state index in [1.807, 2.05) is 20.8 Å². The van der Waals surface area contributed by atoms with E-state index in [1.54, 1.807) is 18.3 Å². The summed E-state index contributed by atoms with van der Waals surface area (Å²) in [6.07, 6.45) is 1.61. The van der Waals surface area contributed by atoms with E-state index in [0.29, 0.717) is 5.69 Å². The van der Waals surface area contributed by atoms with Crippen LogP contribution < -0.4 is 5.56 Å². The van der Waals surface area contributed by atoms with Crippen molar-refractivity contribution in [2.24, 2.45) is 5.92 Å². The zero-order valence-corrected chi connectivity index (χ0v) is 15.9. The molecule has 3 rings (SSSR count). The molecule has 2 heterocycles. The second-order valence-electron chi connectivity index (χ2n) is 6.73. The van der Waals surface area contributed by atoms with Gasteiger partial charge in [-0.25, -0.2) is 13.8 Å². The molecule has 0 N–H and O–H groups in total. The van der Waals surface area contributed by atoms with Crippen LogP contribution in [0.3, 0.4) is 0 Å². The van der Waals surface area contributed by atoms with Crippen LogP contribution in [0.2, 0.25) is 5.15 Å². The summed E-state index contributed by atoms with van der Waals surface area (Å²) in [4.78, 5) is 21.5. The van der Waals surface area contributed by atoms with Crippen LogP contribution in [-0.4, -0.2) is 14.5 Å². The quantitative estimate of drug-likeness (QED) is 0.639. The van der Waals surface area contributed by atoms with E-state index in [2.05, 4.69) is 9.97 Å². The molecule has 1 aromatic carbocycles. The van der Waals surface area contributed by atoms with E-state index in [-0.39, 0.29) is 34.6 Å². The third-order valence-corrected chi connectivity index (χ3v) is 4.29. The molecule has 0 aliphatic carbocycles. The molecule has 0 bridgehead atoms. The maximum atomic E-state index is 14.4. The molecule has 0 unspecified atom stereocenters. The SMILES string of the molecule is Cc1ccc(-c2nc(Cl)c(-c3c(F)cccc3F)n(CC(C)C)c2=O)nc1. The first-order valence-corrected chi connectivity index (χ1v) is 8.85. The minimum atomic E-state index is -0.809. The van der Waals surface area contributed by atoms with Crippen LogP contribution in [0.1, 0.15) is 19.4 Å². The van der Waals surface area contributed by atoms with Crippen molar-refractivity contribution < 1.29 is 8.78 Å². The van der Waals surface area contributed by atoms with Gasteiger partial charge >= 0.3 is 0 Å². The Morgan fingerprint density at radius 2 is 1.81 bits per heavy atom. The van der Waals surface area contributed by atoms with Gasteiger partial charge in [0, 0.05) is 12.7 Å². The first-order valence-electron chi connectivity index (χ1n) is 8.47. The number of halogens is 3. The van der Waals surface area contributed by atoms with Crippen molar-refractivity contribution in [3.05, 3.63) is 69.2 Å². The number of hydrogen-bond donors (Lipinski definition) is 0. The molecule has 0 aliphatic heterocycles. The van der Waals surface area contributed by atoms with Gasteiger partial charge in [-0.05, 0) is 36.6 Å². The summed E-state index contributed by atoms with van der Waals surface area (Å²) in [5.41, 5.74) is 0.393. The fraction of sp³-hybridized carbons (Fsp3) is 0.250. The Kier molecular flexibility index (Phi) is 5.37. The smallest absolute Gasteiger partial charge is 0.279 e. The third-order valence-electron chi connectivity index (χ3n) is 4.02. The van der Waals surface area contributed by atoms with Crippen molar-refractivity contribution in [2.75, 3.05) is 0 Å². The first-order chi connectivity index (χ1) is 12.8. The average Bonchev–Trinajstić information content (AvgIpc) is 2.60. The Morgan fingerprint density at radius 1 is 1.15 bits per heavy atom. The van der Waals surface area contributed by atoms with Gasteiger partial charge in [0.1, 0.15) is 11.6 Å². The van der Waals surface area contributed by atoms with Crippen LogP contribution in [0.4, 0.5) is 8.78 Å². The number of rotatable bonds is 4. The van der Waals surface area contributed by atoms with Crippen LogP contribution in [0.5, 0.6) is 0 Å². The van der Waals surface area contributed by atoms with E-state index in [4.69, 9.17) is 11.6 Å². The van der Waals surface area contributed by atoms with E-state index >= 15 is 0 Å². The Morgan fingerprint density at radius 3 is 2.37 bits per heavy atom. The summed E-state index contributed by atoms with van der Waals surface area (Å²) in [5.74, 6) is -1.58. The second-order valence-corrected chi connectivity index (χ2v) is 7.08. The third kappa shape index (κ3) is 3.76. The normalized spacial score (nSPS) is 11.2. The van der Waals surface area contributed by atoms with Gasteiger partial charge in [0.15, 0.2) is 10.8 Å². The summed E-state index contributed by atoms with van der Waals surface area (Å²) in [7, 11) is 0. The monoisotopic (exact) mass is 389 g/mol. The van der Waals surface area contributed by atoms with Crippen molar-refractivity contribution in [3.63, 3.8) is 0 Å². The molecule has 3 aromatic rings. The predicted octanol–water partition coefficient (Wildman–Crippen LogP) is 4.87. The molecule has 2 aromatic heterocycles. The lowest BCUT2D eigenvalue weighted by atomic mass is 10.1.